The van der Waals surface area contributed by atoms with Gasteiger partial charge in [-0.2, -0.15) is 0 Å². The van der Waals surface area contributed by atoms with E-state index in [1.165, 1.54) is 0 Å². The molecule has 1 aromatic carbocycles. The summed E-state index contributed by atoms with van der Waals surface area (Å²) in [5.74, 6) is -0.578. The predicted octanol–water partition coefficient (Wildman–Crippen LogP) is 2.22. The van der Waals surface area contributed by atoms with Crippen molar-refractivity contribution in [1.29, 1.82) is 0 Å². The van der Waals surface area contributed by atoms with Gasteiger partial charge in [-0.3, -0.25) is 4.79 Å². The van der Waals surface area contributed by atoms with E-state index in [4.69, 9.17) is 0 Å². The Morgan fingerprint density at radius 3 is 2.36 bits per heavy atom. The van der Waals surface area contributed by atoms with Crippen LogP contribution in [0.2, 0.25) is 0 Å². The number of nitrogens with one attached hydrogen (secondary N) is 1. The average molecular weight is 195 g/mol. The minimum absolute atomic E-state index is 0.0375. The van der Waals surface area contributed by atoms with Crippen LogP contribution in [-0.4, -0.2) is 11.9 Å². The van der Waals surface area contributed by atoms with Crippen LogP contribution in [0.3, 0.4) is 0 Å². The maximum Gasteiger partial charge on any atom is 0.259 e. The summed E-state index contributed by atoms with van der Waals surface area (Å²) in [6.45, 7) is 3.60. The maximum atomic E-state index is 13.5. The lowest BCUT2D eigenvalue weighted by molar-refractivity contribution is -0.126. The van der Waals surface area contributed by atoms with Crippen molar-refractivity contribution in [3.05, 3.63) is 35.9 Å². The highest BCUT2D eigenvalue weighted by Crippen LogP contribution is 2.16. The summed E-state index contributed by atoms with van der Waals surface area (Å²) in [4.78, 5) is 11.3. The Hall–Kier alpha value is -1.38. The molecular weight excluding hydrogens is 181 g/mol. The van der Waals surface area contributed by atoms with E-state index in [0.29, 0.717) is 5.56 Å². The van der Waals surface area contributed by atoms with Gasteiger partial charge in [0.05, 0.1) is 0 Å². The molecular formula is C11H14FNO. The molecule has 2 nitrogen and oxygen atoms in total. The summed E-state index contributed by atoms with van der Waals surface area (Å²) in [5, 5.41) is 2.53. The predicted molar refractivity (Wildman–Crippen MR) is 53.6 cm³/mol. The Bertz CT molecular complexity index is 297. The first kappa shape index (κ1) is 10.7. The highest BCUT2D eigenvalue weighted by Gasteiger charge is 2.19. The SMILES string of the molecule is CC(C)NC(=O)C(F)c1ccccc1. The fraction of sp³-hybridized carbons (Fsp3) is 0.364. The third-order valence-corrected chi connectivity index (χ3v) is 1.75. The normalized spacial score (nSPS) is 12.6. The summed E-state index contributed by atoms with van der Waals surface area (Å²) >= 11 is 0. The van der Waals surface area contributed by atoms with E-state index in [0.717, 1.165) is 0 Å². The molecule has 1 aromatic rings. The molecule has 1 amide bonds. The highest BCUT2D eigenvalue weighted by atomic mass is 19.1. The minimum Gasteiger partial charge on any atom is -0.351 e. The van der Waals surface area contributed by atoms with Crippen LogP contribution in [-0.2, 0) is 4.79 Å². The molecule has 1 N–H and O–H groups in total. The van der Waals surface area contributed by atoms with Crippen LogP contribution in [0.1, 0.15) is 25.6 Å². The van der Waals surface area contributed by atoms with E-state index in [1.54, 1.807) is 44.2 Å². The smallest absolute Gasteiger partial charge is 0.259 e. The molecule has 3 heteroatoms. The molecule has 0 aromatic heterocycles. The lowest BCUT2D eigenvalue weighted by Gasteiger charge is -2.11. The van der Waals surface area contributed by atoms with Crippen LogP contribution in [0.4, 0.5) is 4.39 Å². The number of amides is 1. The second kappa shape index (κ2) is 4.74. The molecule has 0 aliphatic heterocycles. The van der Waals surface area contributed by atoms with E-state index < -0.39 is 12.1 Å². The molecule has 0 aliphatic carbocycles. The summed E-state index contributed by atoms with van der Waals surface area (Å²) in [5.41, 5.74) is 0.394. The summed E-state index contributed by atoms with van der Waals surface area (Å²) in [7, 11) is 0. The first-order chi connectivity index (χ1) is 6.61. The van der Waals surface area contributed by atoms with Crippen molar-refractivity contribution < 1.29 is 9.18 Å². The molecule has 0 aliphatic rings. The van der Waals surface area contributed by atoms with Crippen LogP contribution in [0.25, 0.3) is 0 Å². The molecule has 0 saturated heterocycles. The first-order valence-corrected chi connectivity index (χ1v) is 4.60. The number of carbonyl (C=O) groups is 1. The average Bonchev–Trinajstić information content (AvgIpc) is 2.17. The van der Waals surface area contributed by atoms with E-state index in [-0.39, 0.29) is 6.04 Å². The summed E-state index contributed by atoms with van der Waals surface area (Å²) in [6.07, 6.45) is -1.57. The van der Waals surface area contributed by atoms with Gasteiger partial charge in [-0.05, 0) is 19.4 Å². The van der Waals surface area contributed by atoms with Crippen molar-refractivity contribution in [3.63, 3.8) is 0 Å². The summed E-state index contributed by atoms with van der Waals surface area (Å²) in [6, 6.07) is 8.38. The molecule has 76 valence electrons. The standard InChI is InChI=1S/C11H14FNO/c1-8(2)13-11(14)10(12)9-6-4-3-5-7-9/h3-8,10H,1-2H3,(H,13,14). The number of alkyl halides is 1. The number of rotatable bonds is 3. The van der Waals surface area contributed by atoms with Crippen molar-refractivity contribution in [2.75, 3.05) is 0 Å². The van der Waals surface area contributed by atoms with Crippen molar-refractivity contribution in [1.82, 2.24) is 5.32 Å². The van der Waals surface area contributed by atoms with E-state index in [2.05, 4.69) is 5.32 Å². The Morgan fingerprint density at radius 2 is 1.86 bits per heavy atom. The largest absolute Gasteiger partial charge is 0.351 e. The van der Waals surface area contributed by atoms with Gasteiger partial charge in [0, 0.05) is 6.04 Å². The van der Waals surface area contributed by atoms with Gasteiger partial charge >= 0.3 is 0 Å². The molecule has 14 heavy (non-hydrogen) atoms. The van der Waals surface area contributed by atoms with Gasteiger partial charge in [-0.25, -0.2) is 4.39 Å². The maximum absolute atomic E-state index is 13.5. The zero-order valence-corrected chi connectivity index (χ0v) is 8.33. The van der Waals surface area contributed by atoms with Gasteiger partial charge in [-0.15, -0.1) is 0 Å². The molecule has 0 radical (unpaired) electrons. The van der Waals surface area contributed by atoms with Crippen LogP contribution in [0, 0.1) is 0 Å². The van der Waals surface area contributed by atoms with Crippen molar-refractivity contribution >= 4 is 5.91 Å². The third kappa shape index (κ3) is 2.83. The minimum atomic E-state index is -1.57. The Labute approximate surface area is 83.1 Å². The van der Waals surface area contributed by atoms with E-state index in [9.17, 15) is 9.18 Å². The van der Waals surface area contributed by atoms with Crippen LogP contribution >= 0.6 is 0 Å². The second-order valence-electron chi connectivity index (χ2n) is 3.44. The fourth-order valence-corrected chi connectivity index (χ4v) is 1.13. The molecule has 0 heterocycles. The van der Waals surface area contributed by atoms with Gasteiger partial charge in [0.1, 0.15) is 0 Å². The van der Waals surface area contributed by atoms with Crippen molar-refractivity contribution in [2.45, 2.75) is 26.1 Å². The number of benzene rings is 1. The molecule has 0 saturated carbocycles. The zero-order valence-electron chi connectivity index (χ0n) is 8.33. The third-order valence-electron chi connectivity index (χ3n) is 1.75. The molecule has 0 fully saturated rings. The molecule has 0 bridgehead atoms. The van der Waals surface area contributed by atoms with Crippen LogP contribution in [0.15, 0.2) is 30.3 Å². The van der Waals surface area contributed by atoms with Crippen molar-refractivity contribution in [2.24, 2.45) is 0 Å². The first-order valence-electron chi connectivity index (χ1n) is 4.60. The molecule has 1 rings (SSSR count). The quantitative estimate of drug-likeness (QED) is 0.787. The summed E-state index contributed by atoms with van der Waals surface area (Å²) < 4.78 is 13.5. The molecule has 0 spiro atoms. The molecule has 1 unspecified atom stereocenters. The number of hydrogen-bond donors (Lipinski definition) is 1. The monoisotopic (exact) mass is 195 g/mol. The van der Waals surface area contributed by atoms with Gasteiger partial charge in [0.15, 0.2) is 0 Å². The van der Waals surface area contributed by atoms with Gasteiger partial charge in [-0.1, -0.05) is 30.3 Å². The van der Waals surface area contributed by atoms with Crippen LogP contribution < -0.4 is 5.32 Å². The van der Waals surface area contributed by atoms with E-state index >= 15 is 0 Å². The Balaban J connectivity index is 2.66. The zero-order chi connectivity index (χ0) is 10.6. The van der Waals surface area contributed by atoms with Gasteiger partial charge in [0.25, 0.3) is 5.91 Å². The second-order valence-corrected chi connectivity index (χ2v) is 3.44. The van der Waals surface area contributed by atoms with Gasteiger partial charge < -0.3 is 5.32 Å². The van der Waals surface area contributed by atoms with E-state index in [1.807, 2.05) is 0 Å². The van der Waals surface area contributed by atoms with Gasteiger partial charge in [0.2, 0.25) is 6.17 Å². The molecule has 1 atom stereocenters. The Kier molecular flexibility index (Phi) is 3.63. The topological polar surface area (TPSA) is 29.1 Å². The lowest BCUT2D eigenvalue weighted by Crippen LogP contribution is -2.33. The Morgan fingerprint density at radius 1 is 1.29 bits per heavy atom. The number of carbonyl (C=O) groups excluding carboxylic acids is 1. The highest BCUT2D eigenvalue weighted by molar-refractivity contribution is 5.82. The fourth-order valence-electron chi connectivity index (χ4n) is 1.13. The lowest BCUT2D eigenvalue weighted by atomic mass is 10.1. The number of hydrogen-bond acceptors (Lipinski definition) is 1. The number of halogens is 1. The van der Waals surface area contributed by atoms with Crippen molar-refractivity contribution in [3.8, 4) is 0 Å². The van der Waals surface area contributed by atoms with Crippen LogP contribution in [0.5, 0.6) is 0 Å².